The molecule has 440 valence electrons. The molecule has 8 atom stereocenters. The number of aliphatic hydroxyl groups is 7. The number of Topliss-reactive ketones (excluding diaryl/α,β-unsaturated/α-hetero) is 4. The molecule has 0 aliphatic heterocycles. The fourth-order valence-corrected chi connectivity index (χ4v) is 12.8. The first kappa shape index (κ1) is 62.8. The van der Waals surface area contributed by atoms with Crippen molar-refractivity contribution in [1.29, 1.82) is 0 Å². The molecule has 2 fully saturated rings. The molecule has 0 radical (unpaired) electrons. The fraction of sp³-hybridized carbons (Fsp3) is 0.481. The summed E-state index contributed by atoms with van der Waals surface area (Å²) in [6.07, 6.45) is -0.0649. The predicted octanol–water partition coefficient (Wildman–Crippen LogP) is -1.34. The van der Waals surface area contributed by atoms with Gasteiger partial charge in [0.2, 0.25) is 22.7 Å². The van der Waals surface area contributed by atoms with Crippen LogP contribution in [0.25, 0.3) is 11.5 Å². The molecular weight excluding hydrogens is 1080 g/mol. The number of amides is 3. The number of anilines is 2. The molecular formula is C54H69ClN8O18. The van der Waals surface area contributed by atoms with Crippen LogP contribution in [0, 0.1) is 22.7 Å². The van der Waals surface area contributed by atoms with E-state index in [2.05, 4.69) is 5.32 Å². The van der Waals surface area contributed by atoms with Gasteiger partial charge in [-0.15, -0.1) is 0 Å². The SMILES string of the molecule is CN(C)c1ccc(O)c2c1C[C@@]1(CN)C[C@H]3[C@H](N(C)C)C(=O)C(C(N)=O)=C(O)[C@@]3(O)C(=O)C1=C2O.COCC(=O)NC[C@@]12Cc3c(N(C)C)ccc(O)c3C(O)=C1C(=O)[C@]1(O)C(O)=C(C(N)=O)C(=O)[C@@H](N(C)C)[C@@H]1C2.O=C(Cl)CCO. The molecule has 0 heterocycles. The Labute approximate surface area is 470 Å². The second-order valence-corrected chi connectivity index (χ2v) is 22.3. The fourth-order valence-electron chi connectivity index (χ4n) is 12.7. The number of ether oxygens (including phenoxy) is 1. The molecule has 6 aliphatic carbocycles. The summed E-state index contributed by atoms with van der Waals surface area (Å²) in [6.45, 7) is -0.778. The third kappa shape index (κ3) is 10.1. The summed E-state index contributed by atoms with van der Waals surface area (Å²) in [4.78, 5) is 108. The number of ketones is 4. The number of carbonyl (C=O) groups excluding carboxylic acids is 8. The van der Waals surface area contributed by atoms with Crippen molar-refractivity contribution in [3.05, 3.63) is 80.3 Å². The summed E-state index contributed by atoms with van der Waals surface area (Å²) in [5, 5.41) is 100. The van der Waals surface area contributed by atoms with E-state index in [1.165, 1.54) is 43.1 Å². The highest BCUT2D eigenvalue weighted by molar-refractivity contribution is 6.63. The van der Waals surface area contributed by atoms with E-state index >= 15 is 0 Å². The van der Waals surface area contributed by atoms with Crippen molar-refractivity contribution in [3.8, 4) is 11.5 Å². The lowest BCUT2D eigenvalue weighted by molar-refractivity contribution is -0.158. The number of rotatable bonds is 13. The van der Waals surface area contributed by atoms with E-state index in [1.54, 1.807) is 64.2 Å². The number of methoxy groups -OCH3 is 1. The molecule has 16 N–H and O–H groups in total. The van der Waals surface area contributed by atoms with Crippen molar-refractivity contribution in [2.45, 2.75) is 55.4 Å². The molecule has 81 heavy (non-hydrogen) atoms. The average molecular weight is 1150 g/mol. The van der Waals surface area contributed by atoms with Gasteiger partial charge in [-0.25, -0.2) is 0 Å². The summed E-state index contributed by atoms with van der Waals surface area (Å²) in [5.41, 5.74) is 8.77. The van der Waals surface area contributed by atoms with Gasteiger partial charge in [-0.3, -0.25) is 48.2 Å². The maximum atomic E-state index is 14.3. The van der Waals surface area contributed by atoms with Crippen LogP contribution in [-0.2, 0) is 55.9 Å². The Hall–Kier alpha value is -7.43. The van der Waals surface area contributed by atoms with E-state index < -0.39 is 126 Å². The first-order valence-corrected chi connectivity index (χ1v) is 25.6. The third-order valence-electron chi connectivity index (χ3n) is 16.2. The molecule has 3 amide bonds. The zero-order valence-corrected chi connectivity index (χ0v) is 46.8. The molecule has 0 aromatic heterocycles. The Kier molecular flexibility index (Phi) is 17.7. The number of aliphatic hydroxyl groups excluding tert-OH is 5. The van der Waals surface area contributed by atoms with Gasteiger partial charge in [-0.1, -0.05) is 0 Å². The van der Waals surface area contributed by atoms with Crippen LogP contribution in [0.15, 0.2) is 58.1 Å². The van der Waals surface area contributed by atoms with E-state index in [9.17, 15) is 79.2 Å². The number of aromatic hydroxyl groups is 2. The molecule has 26 nitrogen and oxygen atoms in total. The van der Waals surface area contributed by atoms with E-state index in [4.69, 9.17) is 38.6 Å². The van der Waals surface area contributed by atoms with Crippen molar-refractivity contribution in [3.63, 3.8) is 0 Å². The van der Waals surface area contributed by atoms with Crippen molar-refractivity contribution >= 4 is 80.6 Å². The molecule has 0 spiro atoms. The first-order chi connectivity index (χ1) is 37.6. The minimum Gasteiger partial charge on any atom is -0.508 e. The monoisotopic (exact) mass is 1150 g/mol. The number of nitrogens with zero attached hydrogens (tertiary/aromatic N) is 4. The second kappa shape index (κ2) is 22.8. The van der Waals surface area contributed by atoms with Crippen LogP contribution in [0.4, 0.5) is 11.4 Å². The van der Waals surface area contributed by atoms with Gasteiger partial charge in [0, 0.05) is 100.0 Å². The van der Waals surface area contributed by atoms with E-state index in [1.807, 2.05) is 0 Å². The second-order valence-electron chi connectivity index (χ2n) is 21.8. The van der Waals surface area contributed by atoms with Gasteiger partial charge >= 0.3 is 0 Å². The average Bonchev–Trinajstić information content (AvgIpc) is 3.16. The molecule has 6 aliphatic rings. The van der Waals surface area contributed by atoms with Gasteiger partial charge in [-0.05, 0) is 101 Å². The normalized spacial score (nSPS) is 27.4. The van der Waals surface area contributed by atoms with Gasteiger partial charge < -0.3 is 83.0 Å². The Balaban J connectivity index is 0.000000239. The summed E-state index contributed by atoms with van der Waals surface area (Å²) >= 11 is 4.78. The van der Waals surface area contributed by atoms with Crippen LogP contribution in [0.5, 0.6) is 11.5 Å². The maximum absolute atomic E-state index is 14.3. The van der Waals surface area contributed by atoms with Gasteiger partial charge in [0.05, 0.1) is 29.8 Å². The summed E-state index contributed by atoms with van der Waals surface area (Å²) < 4.78 is 4.90. The molecule has 2 aromatic carbocycles. The highest BCUT2D eigenvalue weighted by atomic mass is 35.5. The lowest BCUT2D eigenvalue weighted by Crippen LogP contribution is -2.68. The molecule has 2 saturated carbocycles. The Morgan fingerprint density at radius 3 is 1.37 bits per heavy atom. The Bertz CT molecular complexity index is 3170. The molecule has 0 unspecified atom stereocenters. The number of phenolic OH excluding ortho intramolecular Hbond substituents is 2. The quantitative estimate of drug-likeness (QED) is 0.0815. The van der Waals surface area contributed by atoms with E-state index in [0.29, 0.717) is 22.5 Å². The third-order valence-corrected chi connectivity index (χ3v) is 16.4. The minimum atomic E-state index is -2.80. The van der Waals surface area contributed by atoms with E-state index in [0.717, 1.165) is 0 Å². The number of benzene rings is 2. The zero-order valence-electron chi connectivity index (χ0n) is 46.1. The van der Waals surface area contributed by atoms with Gasteiger partial charge in [0.1, 0.15) is 52.3 Å². The van der Waals surface area contributed by atoms with Crippen LogP contribution in [0.3, 0.4) is 0 Å². The number of hydrogen-bond donors (Lipinski definition) is 13. The summed E-state index contributed by atoms with van der Waals surface area (Å²) in [5.74, 6) is -13.7. The van der Waals surface area contributed by atoms with E-state index in [-0.39, 0.29) is 92.2 Å². The number of nitrogens with two attached hydrogens (primary N) is 3. The molecule has 27 heteroatoms. The summed E-state index contributed by atoms with van der Waals surface area (Å²) in [6, 6.07) is 3.63. The first-order valence-electron chi connectivity index (χ1n) is 25.2. The van der Waals surface area contributed by atoms with Gasteiger partial charge in [-0.2, -0.15) is 0 Å². The van der Waals surface area contributed by atoms with Crippen molar-refractivity contribution in [2.24, 2.45) is 39.9 Å². The number of hydrogen-bond acceptors (Lipinski definition) is 23. The molecule has 8 rings (SSSR count). The number of nitrogens with one attached hydrogen (secondary N) is 1. The van der Waals surface area contributed by atoms with Crippen LogP contribution in [0.2, 0.25) is 0 Å². The molecule has 0 bridgehead atoms. The Morgan fingerprint density at radius 2 is 1.05 bits per heavy atom. The lowest BCUT2D eigenvalue weighted by atomic mass is 9.51. The van der Waals surface area contributed by atoms with Crippen LogP contribution < -0.4 is 32.3 Å². The number of likely N-dealkylation sites (N-methyl/N-ethyl adjacent to an activating group) is 2. The number of carbonyl (C=O) groups is 8. The number of fused-ring (bicyclic) bond motifs is 6. The van der Waals surface area contributed by atoms with Crippen molar-refractivity contribution in [1.82, 2.24) is 15.1 Å². The highest BCUT2D eigenvalue weighted by Crippen LogP contribution is 2.61. The van der Waals surface area contributed by atoms with Gasteiger partial charge in [0.15, 0.2) is 22.8 Å². The Morgan fingerprint density at radius 1 is 0.667 bits per heavy atom. The predicted molar refractivity (Wildman–Crippen MR) is 292 cm³/mol. The smallest absolute Gasteiger partial charge is 0.255 e. The number of halogens is 1. The largest absolute Gasteiger partial charge is 0.508 e. The van der Waals surface area contributed by atoms with Gasteiger partial charge in [0.25, 0.3) is 11.8 Å². The van der Waals surface area contributed by atoms with Crippen molar-refractivity contribution in [2.75, 3.05) is 99.6 Å². The highest BCUT2D eigenvalue weighted by Gasteiger charge is 2.69. The topological polar surface area (TPSA) is 431 Å². The van der Waals surface area contributed by atoms with Crippen LogP contribution >= 0.6 is 11.6 Å². The number of primary amides is 2. The minimum absolute atomic E-state index is 0.0106. The lowest BCUT2D eigenvalue weighted by Gasteiger charge is -2.55. The maximum Gasteiger partial charge on any atom is 0.255 e. The molecule has 0 saturated heterocycles. The molecule has 2 aromatic rings. The number of phenols is 2. The summed E-state index contributed by atoms with van der Waals surface area (Å²) in [7, 11) is 14.6. The van der Waals surface area contributed by atoms with Crippen LogP contribution in [-0.4, -0.2) is 215 Å². The zero-order chi connectivity index (χ0) is 61.1. The van der Waals surface area contributed by atoms with Crippen LogP contribution in [0.1, 0.15) is 41.5 Å². The standard InChI is InChI=1S/C27H34N4O9.C24H30N4O7.C3H5ClO2/c1-30(2)14-6-7-15(32)17-12(14)8-26(11-29-16(33)10-40-5)9-13-20(31(3)4)22(35)18(25(28)38)23(36)27(13,39)24(37)19(26)21(17)34;1-27(2)12-5-6-13(29)14-10(12)7-23(9-25)8-11-17(28(3)4)19(31)15(22(26)34)20(32)24(11,35)21(33)16(23)18(14)30;4-3(6)1-2-5/h6-7,13,20,32,34,36,39H,8-11H2,1-5H3,(H2,28,38)(H,29,33);5-6,11,17,29-30,32,35H,7-9,25H2,1-4H3,(H2,26,34);5H,1-2H2/t13-,20-,26-,27+;11-,17-,23-,24+;/m00./s1. The van der Waals surface area contributed by atoms with Crippen molar-refractivity contribution < 1.29 is 89.1 Å².